The first-order valence-electron chi connectivity index (χ1n) is 10.8. The third-order valence-corrected chi connectivity index (χ3v) is 7.55. The standard InChI is InChI=1S/C22H22N6O7S2.5H2O/c1-22(2,20(33)34)35-26-13(12-10-37-21(23)24-12)16(29)25-14-17(30)28-15(19(31)32)11(9-36-18(14)28)8-27-6-4-3-5-7-27;;;;;/h3-7,10,14,18H,8-9H2,1-2H3,(H4-,23,24,25,29,31,32,33,34);5*1H2/b26-13-;;;;;. The predicted molar refractivity (Wildman–Crippen MR) is 148 cm³/mol. The third kappa shape index (κ3) is 7.97. The van der Waals surface area contributed by atoms with Crippen molar-refractivity contribution in [3.63, 3.8) is 0 Å². The van der Waals surface area contributed by atoms with Gasteiger partial charge in [0.25, 0.3) is 11.8 Å². The number of hydrogen-bond acceptors (Lipinski definition) is 11. The van der Waals surface area contributed by atoms with E-state index < -0.39 is 40.8 Å². The maximum atomic E-state index is 13.1. The molecule has 0 spiro atoms. The van der Waals surface area contributed by atoms with Gasteiger partial charge in [-0.05, 0) is 13.8 Å². The van der Waals surface area contributed by atoms with Gasteiger partial charge in [0.2, 0.25) is 5.60 Å². The number of thioether (sulfide) groups is 1. The number of hydrogen-bond donors (Lipinski definition) is 3. The van der Waals surface area contributed by atoms with Crippen LogP contribution in [-0.4, -0.2) is 94.6 Å². The molecule has 0 aliphatic carbocycles. The summed E-state index contributed by atoms with van der Waals surface area (Å²) in [4.78, 5) is 59.6. The number of carbonyl (C=O) groups is 4. The van der Waals surface area contributed by atoms with Crippen LogP contribution >= 0.6 is 23.1 Å². The molecule has 1 fully saturated rings. The Hall–Kier alpha value is -4.18. The summed E-state index contributed by atoms with van der Waals surface area (Å²) >= 11 is 2.32. The second-order valence-corrected chi connectivity index (χ2v) is 10.6. The highest BCUT2D eigenvalue weighted by Crippen LogP contribution is 2.40. The summed E-state index contributed by atoms with van der Waals surface area (Å²) in [7, 11) is 0. The molecule has 2 aromatic heterocycles. The molecule has 2 aliphatic rings. The zero-order valence-corrected chi connectivity index (χ0v) is 23.7. The fourth-order valence-corrected chi connectivity index (χ4v) is 5.45. The topological polar surface area (TPSA) is 349 Å². The number of carboxylic acid groups (broad SMARTS) is 2. The number of pyridine rings is 1. The molecular weight excluding hydrogens is 604 g/mol. The van der Waals surface area contributed by atoms with E-state index in [0.29, 0.717) is 11.3 Å². The number of nitrogens with one attached hydrogen (secondary N) is 1. The maximum Gasteiger partial charge on any atom is 0.350 e. The van der Waals surface area contributed by atoms with Gasteiger partial charge in [-0.1, -0.05) is 11.2 Å². The summed E-state index contributed by atoms with van der Waals surface area (Å²) in [5, 5.41) is 28.4. The first-order valence-corrected chi connectivity index (χ1v) is 12.8. The molecule has 0 aromatic carbocycles. The van der Waals surface area contributed by atoms with Crippen molar-refractivity contribution in [2.45, 2.75) is 37.4 Å². The SMILES string of the molecule is CC(C)(O/N=C(\C(=O)NC1C(=O)N2C(C(=O)[O-])=C(C[n+]3ccccc3)CSC12)c1csc(N)n1)C(=O)O.O.O.O.O.O. The Morgan fingerprint density at radius 1 is 1.21 bits per heavy atom. The second kappa shape index (κ2) is 15.7. The first kappa shape index (κ1) is 40.0. The Morgan fingerprint density at radius 2 is 1.83 bits per heavy atom. The molecule has 14 N–H and O–H groups in total. The van der Waals surface area contributed by atoms with Gasteiger partial charge in [0.1, 0.15) is 17.1 Å². The fraction of sp³-hybridized carbons (Fsp3) is 0.318. The van der Waals surface area contributed by atoms with Crippen LogP contribution < -0.4 is 20.7 Å². The lowest BCUT2D eigenvalue weighted by Gasteiger charge is -2.50. The Bertz CT molecular complexity index is 1330. The van der Waals surface area contributed by atoms with E-state index in [1.807, 2.05) is 6.07 Å². The van der Waals surface area contributed by atoms with Crippen molar-refractivity contribution < 1.29 is 66.2 Å². The van der Waals surface area contributed by atoms with Gasteiger partial charge >= 0.3 is 5.97 Å². The lowest BCUT2D eigenvalue weighted by molar-refractivity contribution is -0.689. The maximum absolute atomic E-state index is 13.1. The molecule has 0 radical (unpaired) electrons. The fourth-order valence-electron chi connectivity index (χ4n) is 3.56. The quantitative estimate of drug-likeness (QED) is 0.101. The van der Waals surface area contributed by atoms with Crippen LogP contribution in [-0.2, 0) is 30.6 Å². The van der Waals surface area contributed by atoms with Crippen molar-refractivity contribution in [2.24, 2.45) is 5.16 Å². The molecule has 2 aliphatic heterocycles. The second-order valence-electron chi connectivity index (χ2n) is 8.57. The Kier molecular flexibility index (Phi) is 15.0. The van der Waals surface area contributed by atoms with E-state index in [9.17, 15) is 29.4 Å². The van der Waals surface area contributed by atoms with Gasteiger partial charge in [0.05, 0.1) is 11.7 Å². The van der Waals surface area contributed by atoms with E-state index >= 15 is 0 Å². The molecule has 2 atom stereocenters. The summed E-state index contributed by atoms with van der Waals surface area (Å²) < 4.78 is 1.78. The molecule has 2 aromatic rings. The van der Waals surface area contributed by atoms with Gasteiger partial charge in [-0.3, -0.25) is 14.5 Å². The number of amides is 2. The van der Waals surface area contributed by atoms with Crippen LogP contribution in [0.25, 0.3) is 0 Å². The average Bonchev–Trinajstić information content (AvgIpc) is 3.28. The molecule has 4 heterocycles. The normalized spacial score (nSPS) is 17.3. The van der Waals surface area contributed by atoms with Crippen molar-refractivity contribution in [1.82, 2.24) is 15.2 Å². The summed E-state index contributed by atoms with van der Waals surface area (Å²) in [5.41, 5.74) is 3.83. The number of nitrogens with two attached hydrogens (primary N) is 1. The number of carboxylic acids is 2. The van der Waals surface area contributed by atoms with E-state index in [0.717, 1.165) is 16.2 Å². The molecule has 1 saturated heterocycles. The Labute approximate surface area is 246 Å². The minimum absolute atomic E-state index is 0. The van der Waals surface area contributed by atoms with Crippen molar-refractivity contribution in [2.75, 3.05) is 11.5 Å². The highest BCUT2D eigenvalue weighted by atomic mass is 32.2. The van der Waals surface area contributed by atoms with Gasteiger partial charge < -0.3 is 58.3 Å². The van der Waals surface area contributed by atoms with Crippen molar-refractivity contribution in [3.05, 3.63) is 52.9 Å². The van der Waals surface area contributed by atoms with Crippen LogP contribution in [0.2, 0.25) is 0 Å². The molecule has 4 rings (SSSR count). The highest BCUT2D eigenvalue weighted by Gasteiger charge is 2.53. The number of nitrogens with zero attached hydrogens (tertiary/aromatic N) is 4. The molecule has 0 bridgehead atoms. The molecular formula is C22H32N6O12S2. The average molecular weight is 637 g/mol. The van der Waals surface area contributed by atoms with E-state index in [1.165, 1.54) is 31.0 Å². The number of anilines is 1. The number of fused-ring (bicyclic) bond motifs is 1. The third-order valence-electron chi connectivity index (χ3n) is 5.54. The van der Waals surface area contributed by atoms with Crippen LogP contribution in [0.3, 0.4) is 0 Å². The van der Waals surface area contributed by atoms with E-state index in [2.05, 4.69) is 15.5 Å². The summed E-state index contributed by atoms with van der Waals surface area (Å²) in [6.07, 6.45) is 3.55. The van der Waals surface area contributed by atoms with Crippen molar-refractivity contribution >= 4 is 57.7 Å². The Morgan fingerprint density at radius 3 is 2.36 bits per heavy atom. The molecule has 0 saturated carbocycles. The number of nitrogen functional groups attached to an aromatic ring is 1. The number of aromatic nitrogens is 2. The van der Waals surface area contributed by atoms with Crippen LogP contribution in [0.5, 0.6) is 0 Å². The van der Waals surface area contributed by atoms with Gasteiger partial charge in [0, 0.05) is 28.8 Å². The van der Waals surface area contributed by atoms with E-state index in [-0.39, 0.29) is 56.2 Å². The van der Waals surface area contributed by atoms with Gasteiger partial charge in [-0.15, -0.1) is 23.1 Å². The highest BCUT2D eigenvalue weighted by molar-refractivity contribution is 8.00. The molecule has 42 heavy (non-hydrogen) atoms. The van der Waals surface area contributed by atoms with E-state index in [1.54, 1.807) is 29.1 Å². The number of carbonyl (C=O) groups excluding carboxylic acids is 3. The molecule has 2 unspecified atom stereocenters. The molecule has 18 nitrogen and oxygen atoms in total. The van der Waals surface area contributed by atoms with Gasteiger partial charge in [-0.25, -0.2) is 14.3 Å². The Balaban J connectivity index is 0. The van der Waals surface area contributed by atoms with Gasteiger partial charge in [0.15, 0.2) is 29.8 Å². The minimum Gasteiger partial charge on any atom is -0.543 e. The number of β-lactam (4-membered cyclic amide) rings is 1. The number of aliphatic carboxylic acids is 2. The zero-order valence-electron chi connectivity index (χ0n) is 22.1. The first-order chi connectivity index (χ1) is 17.5. The number of thiazole rings is 1. The predicted octanol–water partition coefficient (Wildman–Crippen LogP) is -5.42. The van der Waals surface area contributed by atoms with Crippen molar-refractivity contribution in [1.29, 1.82) is 0 Å². The smallest absolute Gasteiger partial charge is 0.350 e. The monoisotopic (exact) mass is 636 g/mol. The van der Waals surface area contributed by atoms with Crippen LogP contribution in [0.15, 0.2) is 52.4 Å². The molecule has 2 amide bonds. The van der Waals surface area contributed by atoms with Crippen LogP contribution in [0, 0.1) is 0 Å². The minimum atomic E-state index is -1.75. The van der Waals surface area contributed by atoms with Crippen LogP contribution in [0.1, 0.15) is 19.5 Å². The summed E-state index contributed by atoms with van der Waals surface area (Å²) in [5.74, 6) is -4.01. The van der Waals surface area contributed by atoms with E-state index in [4.69, 9.17) is 10.6 Å². The summed E-state index contributed by atoms with van der Waals surface area (Å²) in [6, 6.07) is 4.36. The summed E-state index contributed by atoms with van der Waals surface area (Å²) in [6.45, 7) is 2.74. The zero-order chi connectivity index (χ0) is 26.9. The number of rotatable bonds is 9. The number of oxime groups is 1. The van der Waals surface area contributed by atoms with Crippen LogP contribution in [0.4, 0.5) is 5.13 Å². The lowest BCUT2D eigenvalue weighted by atomic mass is 10.0. The lowest BCUT2D eigenvalue weighted by Crippen LogP contribution is -2.71. The van der Waals surface area contributed by atoms with Crippen molar-refractivity contribution in [3.8, 4) is 0 Å². The largest absolute Gasteiger partial charge is 0.543 e. The van der Waals surface area contributed by atoms with Gasteiger partial charge in [-0.2, -0.15) is 0 Å². The molecule has 234 valence electrons. The molecule has 20 heteroatoms.